The number of nitrogens with two attached hydrogens (primary N) is 1. The van der Waals surface area contributed by atoms with Crippen LogP contribution in [-0.2, 0) is 0 Å². The van der Waals surface area contributed by atoms with E-state index in [0.29, 0.717) is 13.0 Å². The lowest BCUT2D eigenvalue weighted by atomic mass is 10.2. The number of rotatable bonds is 5. The van der Waals surface area contributed by atoms with Gasteiger partial charge in [-0.15, -0.1) is 0 Å². The smallest absolute Gasteiger partial charge is 0.317 e. The third-order valence-electron chi connectivity index (χ3n) is 3.16. The fourth-order valence-corrected chi connectivity index (χ4v) is 2.06. The Balaban J connectivity index is 2.09. The Hall–Kier alpha value is -1.46. The zero-order valence-electron chi connectivity index (χ0n) is 10.9. The Bertz CT molecular complexity index is 273. The molecule has 0 bridgehead atoms. The standard InChI is InChI=1S/C12H24N4O2/c13-11(15-18)7-3-4-8-14-12(17)16-9-5-1-2-6-10-16/h18H,1-10H2,(H2,13,15)(H,14,17). The van der Waals surface area contributed by atoms with Crippen LogP contribution in [0.5, 0.6) is 0 Å². The number of nitrogens with one attached hydrogen (secondary N) is 1. The Morgan fingerprint density at radius 1 is 1.22 bits per heavy atom. The van der Waals surface area contributed by atoms with Gasteiger partial charge in [-0.2, -0.15) is 0 Å². The maximum Gasteiger partial charge on any atom is 0.317 e. The van der Waals surface area contributed by atoms with Crippen LogP contribution in [0.15, 0.2) is 5.16 Å². The van der Waals surface area contributed by atoms with Gasteiger partial charge in [-0.05, 0) is 25.7 Å². The van der Waals surface area contributed by atoms with Crippen LogP contribution >= 0.6 is 0 Å². The van der Waals surface area contributed by atoms with E-state index in [1.54, 1.807) is 0 Å². The minimum absolute atomic E-state index is 0.0423. The molecule has 0 spiro atoms. The molecule has 4 N–H and O–H groups in total. The van der Waals surface area contributed by atoms with E-state index < -0.39 is 0 Å². The fraction of sp³-hybridized carbons (Fsp3) is 0.833. The zero-order chi connectivity index (χ0) is 13.2. The second-order valence-corrected chi connectivity index (χ2v) is 4.68. The highest BCUT2D eigenvalue weighted by Gasteiger charge is 2.14. The Morgan fingerprint density at radius 3 is 2.50 bits per heavy atom. The Labute approximate surface area is 108 Å². The topological polar surface area (TPSA) is 91.0 Å². The highest BCUT2D eigenvalue weighted by Crippen LogP contribution is 2.09. The van der Waals surface area contributed by atoms with Crippen molar-refractivity contribution in [3.8, 4) is 0 Å². The molecule has 18 heavy (non-hydrogen) atoms. The first kappa shape index (κ1) is 14.6. The summed E-state index contributed by atoms with van der Waals surface area (Å²) in [5, 5.41) is 14.2. The molecular formula is C12H24N4O2. The molecule has 1 saturated heterocycles. The maximum absolute atomic E-state index is 11.8. The van der Waals surface area contributed by atoms with Crippen molar-refractivity contribution in [2.45, 2.75) is 44.9 Å². The van der Waals surface area contributed by atoms with Gasteiger partial charge in [0.05, 0.1) is 0 Å². The quantitative estimate of drug-likeness (QED) is 0.229. The van der Waals surface area contributed by atoms with Gasteiger partial charge in [0.15, 0.2) is 0 Å². The summed E-state index contributed by atoms with van der Waals surface area (Å²) >= 11 is 0. The lowest BCUT2D eigenvalue weighted by Gasteiger charge is -2.20. The van der Waals surface area contributed by atoms with E-state index in [-0.39, 0.29) is 11.9 Å². The summed E-state index contributed by atoms with van der Waals surface area (Å²) in [7, 11) is 0. The summed E-state index contributed by atoms with van der Waals surface area (Å²) in [6.07, 6.45) is 6.89. The zero-order valence-corrected chi connectivity index (χ0v) is 10.9. The van der Waals surface area contributed by atoms with E-state index in [2.05, 4.69) is 10.5 Å². The predicted octanol–water partition coefficient (Wildman–Crippen LogP) is 1.49. The first-order chi connectivity index (χ1) is 8.74. The van der Waals surface area contributed by atoms with Crippen molar-refractivity contribution in [2.75, 3.05) is 19.6 Å². The highest BCUT2D eigenvalue weighted by atomic mass is 16.4. The van der Waals surface area contributed by atoms with Gasteiger partial charge in [-0.1, -0.05) is 18.0 Å². The Kier molecular flexibility index (Phi) is 6.98. The molecule has 0 atom stereocenters. The number of amidine groups is 1. The molecule has 6 nitrogen and oxygen atoms in total. The molecule has 1 heterocycles. The van der Waals surface area contributed by atoms with Crippen LogP contribution < -0.4 is 11.1 Å². The van der Waals surface area contributed by atoms with E-state index in [1.165, 1.54) is 12.8 Å². The summed E-state index contributed by atoms with van der Waals surface area (Å²) < 4.78 is 0. The van der Waals surface area contributed by atoms with Crippen LogP contribution in [0.1, 0.15) is 44.9 Å². The second kappa shape index (κ2) is 8.60. The molecule has 1 aliphatic heterocycles. The molecule has 6 heteroatoms. The average molecular weight is 256 g/mol. The molecule has 0 saturated carbocycles. The highest BCUT2D eigenvalue weighted by molar-refractivity contribution is 5.79. The van der Waals surface area contributed by atoms with Crippen LogP contribution in [0, 0.1) is 0 Å². The first-order valence-electron chi connectivity index (χ1n) is 6.73. The number of carbonyl (C=O) groups is 1. The van der Waals surface area contributed by atoms with Gasteiger partial charge in [0.2, 0.25) is 0 Å². The number of urea groups is 1. The molecule has 104 valence electrons. The van der Waals surface area contributed by atoms with Gasteiger partial charge in [0.25, 0.3) is 0 Å². The minimum atomic E-state index is 0.0423. The van der Waals surface area contributed by atoms with Gasteiger partial charge >= 0.3 is 6.03 Å². The molecule has 1 rings (SSSR count). The number of hydrogen-bond donors (Lipinski definition) is 3. The van der Waals surface area contributed by atoms with Crippen molar-refractivity contribution in [1.29, 1.82) is 0 Å². The average Bonchev–Trinajstić information content (AvgIpc) is 2.66. The summed E-state index contributed by atoms with van der Waals surface area (Å²) in [5.74, 6) is 0.244. The summed E-state index contributed by atoms with van der Waals surface area (Å²) in [6, 6.07) is 0.0423. The predicted molar refractivity (Wildman–Crippen MR) is 70.7 cm³/mol. The molecule has 0 aromatic rings. The van der Waals surface area contributed by atoms with Gasteiger partial charge < -0.3 is 21.2 Å². The van der Waals surface area contributed by atoms with E-state index in [1.807, 2.05) is 4.90 Å². The lowest BCUT2D eigenvalue weighted by molar-refractivity contribution is 0.199. The monoisotopic (exact) mass is 256 g/mol. The van der Waals surface area contributed by atoms with Gasteiger partial charge in [0, 0.05) is 26.1 Å². The molecule has 0 aromatic heterocycles. The number of likely N-dealkylation sites (tertiary alicyclic amines) is 1. The lowest BCUT2D eigenvalue weighted by Crippen LogP contribution is -2.40. The largest absolute Gasteiger partial charge is 0.409 e. The molecule has 0 radical (unpaired) electrons. The van der Waals surface area contributed by atoms with Gasteiger partial charge in [-0.3, -0.25) is 0 Å². The number of unbranched alkanes of at least 4 members (excludes halogenated alkanes) is 1. The van der Waals surface area contributed by atoms with Crippen LogP contribution in [-0.4, -0.2) is 41.6 Å². The number of carbonyl (C=O) groups excluding carboxylic acids is 1. The fourth-order valence-electron chi connectivity index (χ4n) is 2.06. The van der Waals surface area contributed by atoms with Crippen LogP contribution in [0.25, 0.3) is 0 Å². The van der Waals surface area contributed by atoms with Crippen molar-refractivity contribution in [1.82, 2.24) is 10.2 Å². The van der Waals surface area contributed by atoms with Gasteiger partial charge in [-0.25, -0.2) is 4.79 Å². The third kappa shape index (κ3) is 5.75. The van der Waals surface area contributed by atoms with Crippen molar-refractivity contribution in [2.24, 2.45) is 10.9 Å². The van der Waals surface area contributed by atoms with Crippen molar-refractivity contribution < 1.29 is 10.0 Å². The maximum atomic E-state index is 11.8. The van der Waals surface area contributed by atoms with E-state index >= 15 is 0 Å². The summed E-state index contributed by atoms with van der Waals surface area (Å²) in [6.45, 7) is 2.39. The van der Waals surface area contributed by atoms with E-state index in [0.717, 1.165) is 38.8 Å². The third-order valence-corrected chi connectivity index (χ3v) is 3.16. The number of nitrogens with zero attached hydrogens (tertiary/aromatic N) is 2. The number of hydrogen-bond acceptors (Lipinski definition) is 3. The number of oxime groups is 1. The molecule has 0 aromatic carbocycles. The van der Waals surface area contributed by atoms with Crippen LogP contribution in [0.4, 0.5) is 4.79 Å². The van der Waals surface area contributed by atoms with Crippen molar-refractivity contribution in [3.63, 3.8) is 0 Å². The van der Waals surface area contributed by atoms with Crippen molar-refractivity contribution >= 4 is 11.9 Å². The second-order valence-electron chi connectivity index (χ2n) is 4.68. The summed E-state index contributed by atoms with van der Waals surface area (Å²) in [5.41, 5.74) is 5.35. The Morgan fingerprint density at radius 2 is 1.89 bits per heavy atom. The minimum Gasteiger partial charge on any atom is -0.409 e. The molecular weight excluding hydrogens is 232 g/mol. The van der Waals surface area contributed by atoms with Crippen molar-refractivity contribution in [3.05, 3.63) is 0 Å². The van der Waals surface area contributed by atoms with E-state index in [9.17, 15) is 4.79 Å². The van der Waals surface area contributed by atoms with E-state index in [4.69, 9.17) is 10.9 Å². The number of amides is 2. The molecule has 2 amide bonds. The summed E-state index contributed by atoms with van der Waals surface area (Å²) in [4.78, 5) is 13.7. The SMILES string of the molecule is NC(CCCCNC(=O)N1CCCCCC1)=NO. The normalized spacial score (nSPS) is 17.3. The van der Waals surface area contributed by atoms with Crippen LogP contribution in [0.3, 0.4) is 0 Å². The molecule has 1 aliphatic rings. The van der Waals surface area contributed by atoms with Crippen LogP contribution in [0.2, 0.25) is 0 Å². The molecule has 0 unspecified atom stereocenters. The molecule has 0 aliphatic carbocycles. The molecule has 1 fully saturated rings. The van der Waals surface area contributed by atoms with Gasteiger partial charge in [0.1, 0.15) is 5.84 Å². The first-order valence-corrected chi connectivity index (χ1v) is 6.73.